The number of fused-ring (bicyclic) bond motifs is 1. The summed E-state index contributed by atoms with van der Waals surface area (Å²) in [6, 6.07) is 12.8. The summed E-state index contributed by atoms with van der Waals surface area (Å²) in [4.78, 5) is 18.2. The predicted octanol–water partition coefficient (Wildman–Crippen LogP) is 6.14. The third-order valence-electron chi connectivity index (χ3n) is 3.63. The molecule has 0 saturated carbocycles. The van der Waals surface area contributed by atoms with Gasteiger partial charge in [0.05, 0.1) is 19.3 Å². The van der Waals surface area contributed by atoms with Crippen LogP contribution in [0.2, 0.25) is 9.51 Å². The van der Waals surface area contributed by atoms with E-state index in [9.17, 15) is 4.79 Å². The average molecular weight is 629 g/mol. The third-order valence-corrected chi connectivity index (χ3v) is 4.18. The quantitative estimate of drug-likeness (QED) is 0.384. The molecule has 0 radical (unpaired) electrons. The summed E-state index contributed by atoms with van der Waals surface area (Å²) < 4.78 is 7.32. The fourth-order valence-corrected chi connectivity index (χ4v) is 2.82. The Morgan fingerprint density at radius 1 is 1.03 bits per heavy atom. The first kappa shape index (κ1) is 27.9. The van der Waals surface area contributed by atoms with Gasteiger partial charge >= 0.3 is 30.3 Å². The SMILES string of the molecule is CC.CC.COc1ccc(CN2C(=O)CN=C(Cl)c3cc(Cl)ccc32)cc1.[CH3][Tl]. The van der Waals surface area contributed by atoms with E-state index >= 15 is 0 Å². The van der Waals surface area contributed by atoms with Crippen molar-refractivity contribution in [2.45, 2.75) is 38.7 Å². The normalized spacial score (nSPS) is 11.8. The van der Waals surface area contributed by atoms with Crippen LogP contribution in [0.3, 0.4) is 0 Å². The van der Waals surface area contributed by atoms with E-state index < -0.39 is 0 Å². The van der Waals surface area contributed by atoms with Crippen LogP contribution in [-0.4, -0.2) is 50.5 Å². The van der Waals surface area contributed by atoms with Gasteiger partial charge < -0.3 is 9.64 Å². The summed E-state index contributed by atoms with van der Waals surface area (Å²) in [5, 5.41) is 0.851. The van der Waals surface area contributed by atoms with Crippen LogP contribution in [0.5, 0.6) is 5.75 Å². The maximum absolute atomic E-state index is 12.4. The molecule has 0 saturated heterocycles. The number of nitrogens with zero attached hydrogens (tertiary/aromatic N) is 2. The molecular weight excluding hydrogens is 600 g/mol. The number of benzene rings is 2. The third kappa shape index (κ3) is 8.26. The van der Waals surface area contributed by atoms with E-state index in [4.69, 9.17) is 27.9 Å². The predicted molar refractivity (Wildman–Crippen MR) is 127 cm³/mol. The van der Waals surface area contributed by atoms with Gasteiger partial charge in [-0.15, -0.1) is 0 Å². The number of carbonyl (C=O) groups is 1. The van der Waals surface area contributed by atoms with Gasteiger partial charge in [-0.05, 0) is 35.9 Å². The Morgan fingerprint density at radius 3 is 2.17 bits per heavy atom. The number of aliphatic imine (C=N–C) groups is 1. The summed E-state index contributed by atoms with van der Waals surface area (Å²) >= 11 is 13.4. The van der Waals surface area contributed by atoms with Gasteiger partial charge in [0.2, 0.25) is 5.91 Å². The maximum atomic E-state index is 12.4. The van der Waals surface area contributed by atoms with E-state index in [-0.39, 0.29) is 12.5 Å². The molecule has 7 heteroatoms. The summed E-state index contributed by atoms with van der Waals surface area (Å²) in [5.41, 5.74) is 2.36. The van der Waals surface area contributed by atoms with Gasteiger partial charge in [-0.2, -0.15) is 0 Å². The zero-order chi connectivity index (χ0) is 22.4. The standard InChI is InChI=1S/C17H14Cl2N2O2.2C2H6.CH3.Tl/c1-23-13-5-2-11(3-6-13)10-21-15-7-4-12(18)8-14(15)17(19)20-9-16(21)22;2*1-2;;/h2-8H,9-10H2,1H3;2*1-2H3;1H3;. The Morgan fingerprint density at radius 2 is 1.62 bits per heavy atom. The Kier molecular flexibility index (Phi) is 15.1. The van der Waals surface area contributed by atoms with Crippen molar-refractivity contribution in [3.05, 3.63) is 58.6 Å². The molecule has 1 heterocycles. The van der Waals surface area contributed by atoms with Crippen LogP contribution in [0.25, 0.3) is 0 Å². The van der Waals surface area contributed by atoms with Crippen LogP contribution in [-0.2, 0) is 11.3 Å². The number of carbonyl (C=O) groups excluding carboxylic acids is 1. The van der Waals surface area contributed by atoms with Crippen molar-refractivity contribution in [1.82, 2.24) is 0 Å². The van der Waals surface area contributed by atoms with Crippen molar-refractivity contribution in [3.8, 4) is 5.75 Å². The van der Waals surface area contributed by atoms with Gasteiger partial charge in [0, 0.05) is 10.6 Å². The number of amides is 1. The Bertz CT molecular complexity index is 781. The topological polar surface area (TPSA) is 41.9 Å². The molecule has 3 rings (SSSR count). The van der Waals surface area contributed by atoms with Crippen LogP contribution in [0.15, 0.2) is 47.5 Å². The van der Waals surface area contributed by atoms with E-state index in [1.54, 1.807) is 30.2 Å². The number of ether oxygens (including phenoxy) is 1. The number of halogens is 2. The summed E-state index contributed by atoms with van der Waals surface area (Å²) in [5.74, 6) is 0.662. The second kappa shape index (κ2) is 15.7. The fraction of sp³-hybridized carbons (Fsp3) is 0.364. The van der Waals surface area contributed by atoms with E-state index in [2.05, 4.69) is 9.48 Å². The first-order valence-electron chi connectivity index (χ1n) is 9.59. The molecule has 0 bridgehead atoms. The second-order valence-corrected chi connectivity index (χ2v) is 5.89. The van der Waals surface area contributed by atoms with Gasteiger partial charge in [0.1, 0.15) is 17.5 Å². The number of methoxy groups -OCH3 is 1. The van der Waals surface area contributed by atoms with E-state index in [0.29, 0.717) is 28.0 Å². The Balaban J connectivity index is 0.00000120. The van der Waals surface area contributed by atoms with Gasteiger partial charge in [-0.25, -0.2) is 0 Å². The molecule has 1 aliphatic heterocycles. The molecule has 4 nitrogen and oxygen atoms in total. The van der Waals surface area contributed by atoms with Gasteiger partial charge in [-0.1, -0.05) is 63.0 Å². The van der Waals surface area contributed by atoms with Crippen molar-refractivity contribution in [2.75, 3.05) is 18.6 Å². The molecule has 0 aliphatic carbocycles. The van der Waals surface area contributed by atoms with Crippen LogP contribution >= 0.6 is 23.2 Å². The zero-order valence-electron chi connectivity index (χ0n) is 18.0. The molecule has 1 amide bonds. The van der Waals surface area contributed by atoms with Crippen molar-refractivity contribution >= 4 is 65.7 Å². The summed E-state index contributed by atoms with van der Waals surface area (Å²) in [7, 11) is 1.62. The molecule has 0 aromatic heterocycles. The minimum atomic E-state index is -0.111. The van der Waals surface area contributed by atoms with Crippen LogP contribution < -0.4 is 9.64 Å². The monoisotopic (exact) mass is 628 g/mol. The number of hydrogen-bond donors (Lipinski definition) is 0. The van der Waals surface area contributed by atoms with Gasteiger partial charge in [0.25, 0.3) is 0 Å². The molecule has 156 valence electrons. The summed E-state index contributed by atoms with van der Waals surface area (Å²) in [6.45, 7) is 8.44. The molecule has 0 unspecified atom stereocenters. The first-order valence-corrected chi connectivity index (χ1v) is 14.8. The number of anilines is 1. The average Bonchev–Trinajstić information content (AvgIpc) is 2.90. The van der Waals surface area contributed by atoms with Crippen LogP contribution in [0, 0.1) is 0 Å². The van der Waals surface area contributed by atoms with Gasteiger partial charge in [-0.3, -0.25) is 9.79 Å². The van der Waals surface area contributed by atoms with E-state index in [1.807, 2.05) is 52.0 Å². The molecule has 0 N–H and O–H groups in total. The minimum absolute atomic E-state index is 0.0152. The number of hydrogen-bond acceptors (Lipinski definition) is 3. The van der Waals surface area contributed by atoms with Gasteiger partial charge in [0.15, 0.2) is 0 Å². The van der Waals surface area contributed by atoms with Crippen molar-refractivity contribution in [2.24, 2.45) is 4.99 Å². The Labute approximate surface area is 200 Å². The zero-order valence-corrected chi connectivity index (χ0v) is 24.0. The fourth-order valence-electron chi connectivity index (χ4n) is 2.44. The number of rotatable bonds is 3. The van der Waals surface area contributed by atoms with Crippen molar-refractivity contribution < 1.29 is 9.53 Å². The number of benzodiazepines with no additional fused rings is 1. The second-order valence-electron chi connectivity index (χ2n) is 5.10. The molecule has 2 aromatic carbocycles. The molecule has 1 aliphatic rings. The first-order chi connectivity index (χ1) is 14.1. The molecule has 0 fully saturated rings. The van der Waals surface area contributed by atoms with Crippen LogP contribution in [0.4, 0.5) is 5.69 Å². The van der Waals surface area contributed by atoms with Crippen molar-refractivity contribution in [3.63, 3.8) is 0 Å². The molecule has 0 atom stereocenters. The van der Waals surface area contributed by atoms with Crippen LogP contribution in [0.1, 0.15) is 38.8 Å². The van der Waals surface area contributed by atoms with E-state index in [0.717, 1.165) is 11.3 Å². The molecule has 29 heavy (non-hydrogen) atoms. The van der Waals surface area contributed by atoms with Crippen molar-refractivity contribution in [1.29, 1.82) is 0 Å². The summed E-state index contributed by atoms with van der Waals surface area (Å²) in [6.07, 6.45) is 0. The Hall–Kier alpha value is -1.12. The van der Waals surface area contributed by atoms with E-state index in [1.165, 1.54) is 25.8 Å². The molecular formula is C22H29Cl2N2O2Tl. The molecule has 2 aromatic rings. The molecule has 0 spiro atoms.